The Morgan fingerprint density at radius 3 is 1.54 bits per heavy atom. The Bertz CT molecular complexity index is 2390. The van der Waals surface area contributed by atoms with Crippen molar-refractivity contribution in [1.82, 2.24) is 0 Å². The normalized spacial score (nSPS) is 51.0. The number of hydrogen-bond donors (Lipinski definition) is 18. The number of aliphatic hydroxyl groups excluding tert-OH is 17. The van der Waals surface area contributed by atoms with E-state index in [1.165, 1.54) is 13.8 Å². The molecule has 9 aliphatic rings. The van der Waals surface area contributed by atoms with Gasteiger partial charge in [0, 0.05) is 17.3 Å². The lowest BCUT2D eigenvalue weighted by Crippen LogP contribution is -2.65. The van der Waals surface area contributed by atoms with E-state index in [4.69, 9.17) is 47.4 Å². The number of rotatable bonds is 20. The molecule has 0 amide bonds. The van der Waals surface area contributed by atoms with Crippen LogP contribution in [0.1, 0.15) is 107 Å². The average Bonchev–Trinajstić information content (AvgIpc) is 1.66. The van der Waals surface area contributed by atoms with Gasteiger partial charge in [0.15, 0.2) is 31.5 Å². The molecule has 514 valence electrons. The van der Waals surface area contributed by atoms with E-state index in [0.29, 0.717) is 25.7 Å². The first-order valence-electron chi connectivity index (χ1n) is 31.4. The predicted molar refractivity (Wildman–Crippen MR) is 299 cm³/mol. The summed E-state index contributed by atoms with van der Waals surface area (Å²) in [7, 11) is 0. The van der Waals surface area contributed by atoms with Gasteiger partial charge in [-0.05, 0) is 93.3 Å². The van der Waals surface area contributed by atoms with Gasteiger partial charge in [0.05, 0.1) is 50.8 Å². The Kier molecular flexibility index (Phi) is 22.1. The molecular formula is C60H100O29. The summed E-state index contributed by atoms with van der Waals surface area (Å²) in [6.07, 6.45) is -37.7. The highest BCUT2D eigenvalue weighted by atomic mass is 16.8. The molecule has 0 aromatic carbocycles. The molecule has 0 aromatic rings. The van der Waals surface area contributed by atoms with Gasteiger partial charge in [0.2, 0.25) is 0 Å². The third-order valence-corrected chi connectivity index (χ3v) is 22.6. The number of ether oxygens (including phenoxy) is 10. The van der Waals surface area contributed by atoms with Crippen molar-refractivity contribution >= 4 is 5.78 Å². The highest BCUT2D eigenvalue weighted by molar-refractivity contribution is 5.88. The average molecular weight is 1290 g/mol. The van der Waals surface area contributed by atoms with Crippen molar-refractivity contribution in [1.29, 1.82) is 0 Å². The third-order valence-electron chi connectivity index (χ3n) is 22.6. The van der Waals surface area contributed by atoms with Gasteiger partial charge in [-0.25, -0.2) is 0 Å². The van der Waals surface area contributed by atoms with E-state index in [2.05, 4.69) is 33.8 Å². The zero-order valence-electron chi connectivity index (χ0n) is 51.7. The van der Waals surface area contributed by atoms with Gasteiger partial charge in [-0.2, -0.15) is 0 Å². The van der Waals surface area contributed by atoms with Crippen molar-refractivity contribution < 1.29 is 144 Å². The zero-order chi connectivity index (χ0) is 65.5. The topological polar surface area (TPSA) is 474 Å². The van der Waals surface area contributed by atoms with Crippen LogP contribution in [-0.2, 0) is 52.2 Å². The number of Topliss-reactive ketones (excluding diaryl/α,β-unsaturated/α-hetero) is 1. The fourth-order valence-corrected chi connectivity index (χ4v) is 16.8. The lowest BCUT2D eigenvalue weighted by molar-refractivity contribution is -0.380. The maximum Gasteiger partial charge on any atom is 0.187 e. The Balaban J connectivity index is 0.885. The molecule has 89 heavy (non-hydrogen) atoms. The van der Waals surface area contributed by atoms with Crippen LogP contribution in [0.2, 0.25) is 0 Å². The van der Waals surface area contributed by atoms with Crippen LogP contribution in [-0.4, -0.2) is 302 Å². The zero-order valence-corrected chi connectivity index (χ0v) is 51.7. The summed E-state index contributed by atoms with van der Waals surface area (Å²) >= 11 is 0. The van der Waals surface area contributed by atoms with E-state index >= 15 is 4.79 Å². The van der Waals surface area contributed by atoms with Crippen LogP contribution < -0.4 is 0 Å². The van der Waals surface area contributed by atoms with Crippen molar-refractivity contribution in [3.05, 3.63) is 11.6 Å². The van der Waals surface area contributed by atoms with Crippen molar-refractivity contribution in [2.24, 2.45) is 45.3 Å². The second kappa shape index (κ2) is 27.4. The first kappa shape index (κ1) is 71.6. The molecule has 5 aliphatic heterocycles. The maximum atomic E-state index is 15.4. The van der Waals surface area contributed by atoms with Gasteiger partial charge in [0.1, 0.15) is 128 Å². The van der Waals surface area contributed by atoms with E-state index in [0.717, 1.165) is 18.4 Å². The van der Waals surface area contributed by atoms with Gasteiger partial charge < -0.3 is 139 Å². The molecule has 2 unspecified atom stereocenters. The fourth-order valence-electron chi connectivity index (χ4n) is 16.8. The van der Waals surface area contributed by atoms with Crippen LogP contribution in [0.3, 0.4) is 0 Å². The Hall–Kier alpha value is -1.71. The molecule has 34 atom stereocenters. The summed E-state index contributed by atoms with van der Waals surface area (Å²) in [6.45, 7) is 12.0. The van der Waals surface area contributed by atoms with Crippen LogP contribution in [0, 0.1) is 45.3 Å². The van der Waals surface area contributed by atoms with E-state index < -0.39 is 221 Å². The van der Waals surface area contributed by atoms with Crippen LogP contribution in [0.4, 0.5) is 0 Å². The summed E-state index contributed by atoms with van der Waals surface area (Å²) < 4.78 is 59.4. The standard InChI is InChI=1S/C60H100O29/c1-23(9-13-35(57(4,5)79)87-55-50(89-54-47(77)42(72)38(68)29(20-63)83-54)43(73)39(69)31(85-55)22-80-51-45(75)40(70)36(66)27(18-61)81-51)24-15-16-58(6)32-12-10-25-26(60(32,8)33(65)17-59(24,58)7)11-14-34(56(25,2)3)86-52-48(78)44(74)49(30(21-64)84-52)88-53-46(76)41(71)37(67)28(19-62)82-53/h10,23-24,26-32,34-55,61-64,66-79H,9,11-22H2,1-8H3/t23-,24-,26?,27-,28-,29-,30-,31-,32?,34+,35-,36-,37-,38-,39-,40+,41+,42+,43+,44-,45-,46-,47-,48-,49-,50-,51-,52+,53+,54+,55+,58+,59-,60+/m1/s1. The van der Waals surface area contributed by atoms with Crippen LogP contribution >= 0.6 is 0 Å². The molecule has 3 saturated carbocycles. The number of hydrogen-bond acceptors (Lipinski definition) is 29. The Labute approximate surface area is 516 Å². The number of fused-ring (bicyclic) bond motifs is 5. The highest BCUT2D eigenvalue weighted by Gasteiger charge is 2.71. The summed E-state index contributed by atoms with van der Waals surface area (Å²) in [5.74, 6) is -0.178. The van der Waals surface area contributed by atoms with Crippen LogP contribution in [0.25, 0.3) is 0 Å². The highest BCUT2D eigenvalue weighted by Crippen LogP contribution is 2.74. The van der Waals surface area contributed by atoms with Gasteiger partial charge in [-0.15, -0.1) is 0 Å². The maximum absolute atomic E-state index is 15.4. The summed E-state index contributed by atoms with van der Waals surface area (Å²) in [5, 5.41) is 192. The third kappa shape index (κ3) is 12.9. The number of carbonyl (C=O) groups is 1. The van der Waals surface area contributed by atoms with Crippen LogP contribution in [0.5, 0.6) is 0 Å². The molecule has 18 N–H and O–H groups in total. The van der Waals surface area contributed by atoms with Gasteiger partial charge >= 0.3 is 0 Å². The molecule has 0 bridgehead atoms. The quantitative estimate of drug-likeness (QED) is 0.0507. The first-order valence-corrected chi connectivity index (χ1v) is 31.4. The molecule has 5 saturated heterocycles. The van der Waals surface area contributed by atoms with E-state index in [1.54, 1.807) is 0 Å². The molecule has 29 nitrogen and oxygen atoms in total. The second-order valence-corrected chi connectivity index (χ2v) is 28.5. The molecule has 8 fully saturated rings. The van der Waals surface area contributed by atoms with E-state index in [1.807, 2.05) is 13.8 Å². The molecule has 29 heteroatoms. The monoisotopic (exact) mass is 1280 g/mol. The largest absolute Gasteiger partial charge is 0.394 e. The number of ketones is 1. The molecule has 9 rings (SSSR count). The number of aliphatic hydroxyl groups is 18. The van der Waals surface area contributed by atoms with Crippen molar-refractivity contribution in [2.75, 3.05) is 33.0 Å². The summed E-state index contributed by atoms with van der Waals surface area (Å²) in [6, 6.07) is 0. The van der Waals surface area contributed by atoms with Gasteiger partial charge in [-0.3, -0.25) is 4.79 Å². The van der Waals surface area contributed by atoms with Crippen molar-refractivity contribution in [3.63, 3.8) is 0 Å². The lowest BCUT2D eigenvalue weighted by atomic mass is 9.38. The smallest absolute Gasteiger partial charge is 0.187 e. The Morgan fingerprint density at radius 1 is 0.539 bits per heavy atom. The molecule has 0 spiro atoms. The number of carbonyl (C=O) groups excluding carboxylic acids is 1. The Morgan fingerprint density at radius 2 is 1.00 bits per heavy atom. The minimum Gasteiger partial charge on any atom is -0.394 e. The van der Waals surface area contributed by atoms with Crippen LogP contribution in [0.15, 0.2) is 11.6 Å². The van der Waals surface area contributed by atoms with Gasteiger partial charge in [-0.1, -0.05) is 53.2 Å². The minimum absolute atomic E-state index is 0.00532. The first-order chi connectivity index (χ1) is 41.7. The SMILES string of the molecule is C[C@H](CC[C@@H](O[C@@H]1O[C@H](CO[C@@H]2O[C@H](CO)[C@@H](O)[C@H](O)[C@H]2O)[C@@H](O)[C@H](O)[C@H]1O[C@@H]1O[C@H](CO)[C@@H](O)[C@H](O)[C@H]1O)C(C)(C)O)[C@H]1CC[C@@]2(C)C3CC=C4C(CC[C@H](O[C@@H]5O[C@H](CO)[C@@H](O[C@@H]6O[C@H](CO)[C@@H](O)[C@H](O)[C@H]6O)[C@H](O)[C@H]5O)C4(C)C)[C@]3(C)C(=O)C[C@]12C. The summed E-state index contributed by atoms with van der Waals surface area (Å²) in [4.78, 5) is 15.4. The number of allylic oxidation sites excluding steroid dienone is 1. The van der Waals surface area contributed by atoms with Crippen molar-refractivity contribution in [3.8, 4) is 0 Å². The minimum atomic E-state index is -1.97. The lowest BCUT2D eigenvalue weighted by Gasteiger charge is -2.65. The molecular weight excluding hydrogens is 1180 g/mol. The van der Waals surface area contributed by atoms with E-state index in [-0.39, 0.29) is 47.7 Å². The van der Waals surface area contributed by atoms with Crippen molar-refractivity contribution in [2.45, 2.75) is 278 Å². The summed E-state index contributed by atoms with van der Waals surface area (Å²) in [5.41, 5.74) is -2.96. The second-order valence-electron chi connectivity index (χ2n) is 28.5. The van der Waals surface area contributed by atoms with E-state index in [9.17, 15) is 91.9 Å². The molecule has 0 aromatic heterocycles. The molecule has 4 aliphatic carbocycles. The van der Waals surface area contributed by atoms with Gasteiger partial charge in [0.25, 0.3) is 0 Å². The predicted octanol–water partition coefficient (Wildman–Crippen LogP) is -5.20. The molecule has 0 radical (unpaired) electrons. The molecule has 5 heterocycles. The fraction of sp³-hybridized carbons (Fsp3) is 0.950.